The second-order valence-electron chi connectivity index (χ2n) is 4.48. The van der Waals surface area contributed by atoms with Gasteiger partial charge in [0.2, 0.25) is 0 Å². The molecular weight excluding hydrogens is 217 g/mol. The van der Waals surface area contributed by atoms with E-state index in [1.807, 2.05) is 12.1 Å². The van der Waals surface area contributed by atoms with Crippen molar-refractivity contribution in [2.45, 2.75) is 26.3 Å². The average Bonchev–Trinajstić information content (AvgIpc) is 2.32. The van der Waals surface area contributed by atoms with Crippen molar-refractivity contribution in [1.29, 1.82) is 0 Å². The SMILES string of the molecule is CCC(NCC(C)COC)c1ccc(F)cc1. The first-order valence-electron chi connectivity index (χ1n) is 6.15. The van der Waals surface area contributed by atoms with Gasteiger partial charge in [0.1, 0.15) is 5.82 Å². The minimum Gasteiger partial charge on any atom is -0.384 e. The van der Waals surface area contributed by atoms with Gasteiger partial charge in [0.25, 0.3) is 0 Å². The third kappa shape index (κ3) is 4.84. The summed E-state index contributed by atoms with van der Waals surface area (Å²) < 4.78 is 17.9. The van der Waals surface area contributed by atoms with Gasteiger partial charge in [0, 0.05) is 26.3 Å². The number of rotatable bonds is 7. The minimum atomic E-state index is -0.184. The number of ether oxygens (including phenoxy) is 1. The van der Waals surface area contributed by atoms with Crippen LogP contribution in [0.1, 0.15) is 31.9 Å². The fraction of sp³-hybridized carbons (Fsp3) is 0.571. The van der Waals surface area contributed by atoms with Crippen LogP contribution in [0.25, 0.3) is 0 Å². The molecule has 0 saturated heterocycles. The molecule has 96 valence electrons. The van der Waals surface area contributed by atoms with Crippen molar-refractivity contribution in [3.05, 3.63) is 35.6 Å². The highest BCUT2D eigenvalue weighted by Crippen LogP contribution is 2.17. The molecule has 0 aromatic heterocycles. The van der Waals surface area contributed by atoms with Crippen LogP contribution >= 0.6 is 0 Å². The van der Waals surface area contributed by atoms with E-state index in [2.05, 4.69) is 19.2 Å². The fourth-order valence-corrected chi connectivity index (χ4v) is 1.88. The number of hydrogen-bond donors (Lipinski definition) is 1. The lowest BCUT2D eigenvalue weighted by atomic mass is 10.0. The molecule has 1 aromatic carbocycles. The van der Waals surface area contributed by atoms with Gasteiger partial charge in [0.05, 0.1) is 0 Å². The van der Waals surface area contributed by atoms with Crippen LogP contribution in [0.3, 0.4) is 0 Å². The summed E-state index contributed by atoms with van der Waals surface area (Å²) in [6.07, 6.45) is 0.991. The lowest BCUT2D eigenvalue weighted by molar-refractivity contribution is 0.156. The van der Waals surface area contributed by atoms with Crippen molar-refractivity contribution in [1.82, 2.24) is 5.32 Å². The lowest BCUT2D eigenvalue weighted by Crippen LogP contribution is -2.27. The van der Waals surface area contributed by atoms with Crippen LogP contribution in [0, 0.1) is 11.7 Å². The molecule has 0 aliphatic rings. The van der Waals surface area contributed by atoms with E-state index >= 15 is 0 Å². The van der Waals surface area contributed by atoms with E-state index in [0.717, 1.165) is 25.1 Å². The van der Waals surface area contributed by atoms with E-state index in [0.29, 0.717) is 5.92 Å². The molecule has 0 aliphatic heterocycles. The number of hydrogen-bond acceptors (Lipinski definition) is 2. The Bertz CT molecular complexity index is 313. The molecule has 2 nitrogen and oxygen atoms in total. The molecule has 0 amide bonds. The van der Waals surface area contributed by atoms with Gasteiger partial charge in [-0.25, -0.2) is 4.39 Å². The van der Waals surface area contributed by atoms with Gasteiger partial charge >= 0.3 is 0 Å². The van der Waals surface area contributed by atoms with Gasteiger partial charge in [-0.1, -0.05) is 26.0 Å². The van der Waals surface area contributed by atoms with Gasteiger partial charge in [-0.2, -0.15) is 0 Å². The molecule has 17 heavy (non-hydrogen) atoms. The summed E-state index contributed by atoms with van der Waals surface area (Å²) in [6.45, 7) is 5.94. The van der Waals surface area contributed by atoms with Gasteiger partial charge in [-0.3, -0.25) is 0 Å². The van der Waals surface area contributed by atoms with Crippen molar-refractivity contribution in [2.24, 2.45) is 5.92 Å². The Kier molecular flexibility index (Phi) is 6.16. The summed E-state index contributed by atoms with van der Waals surface area (Å²) in [5.41, 5.74) is 1.14. The van der Waals surface area contributed by atoms with Crippen molar-refractivity contribution < 1.29 is 9.13 Å². The van der Waals surface area contributed by atoms with Crippen LogP contribution in [0.15, 0.2) is 24.3 Å². The van der Waals surface area contributed by atoms with Crippen molar-refractivity contribution in [3.8, 4) is 0 Å². The second kappa shape index (κ2) is 7.41. The minimum absolute atomic E-state index is 0.184. The average molecular weight is 239 g/mol. The standard InChI is InChI=1S/C14H22FNO/c1-4-14(16-9-11(2)10-17-3)12-5-7-13(15)8-6-12/h5-8,11,14,16H,4,9-10H2,1-3H3. The molecule has 1 N–H and O–H groups in total. The number of nitrogens with one attached hydrogen (secondary N) is 1. The van der Waals surface area contributed by atoms with E-state index in [-0.39, 0.29) is 11.9 Å². The Labute approximate surface area is 103 Å². The zero-order chi connectivity index (χ0) is 12.7. The van der Waals surface area contributed by atoms with Gasteiger partial charge in [-0.05, 0) is 30.0 Å². The number of methoxy groups -OCH3 is 1. The van der Waals surface area contributed by atoms with E-state index in [4.69, 9.17) is 4.74 Å². The maximum Gasteiger partial charge on any atom is 0.123 e. The summed E-state index contributed by atoms with van der Waals surface area (Å²) in [4.78, 5) is 0. The van der Waals surface area contributed by atoms with Gasteiger partial charge < -0.3 is 10.1 Å². The molecule has 1 aromatic rings. The first-order valence-corrected chi connectivity index (χ1v) is 6.15. The Morgan fingerprint density at radius 1 is 1.29 bits per heavy atom. The molecule has 0 aliphatic carbocycles. The number of benzene rings is 1. The first-order chi connectivity index (χ1) is 8.17. The Balaban J connectivity index is 2.51. The highest BCUT2D eigenvalue weighted by molar-refractivity contribution is 5.19. The summed E-state index contributed by atoms with van der Waals surface area (Å²) in [7, 11) is 1.72. The molecule has 0 heterocycles. The van der Waals surface area contributed by atoms with E-state index in [1.165, 1.54) is 12.1 Å². The molecular formula is C14H22FNO. The normalized spacial score (nSPS) is 14.6. The zero-order valence-electron chi connectivity index (χ0n) is 10.9. The van der Waals surface area contributed by atoms with E-state index in [1.54, 1.807) is 7.11 Å². The third-order valence-electron chi connectivity index (χ3n) is 2.84. The largest absolute Gasteiger partial charge is 0.384 e. The Morgan fingerprint density at radius 2 is 1.94 bits per heavy atom. The molecule has 2 unspecified atom stereocenters. The van der Waals surface area contributed by atoms with E-state index in [9.17, 15) is 4.39 Å². The van der Waals surface area contributed by atoms with Crippen LogP contribution in [0.4, 0.5) is 4.39 Å². The monoisotopic (exact) mass is 239 g/mol. The Hall–Kier alpha value is -0.930. The van der Waals surface area contributed by atoms with Gasteiger partial charge in [0.15, 0.2) is 0 Å². The second-order valence-corrected chi connectivity index (χ2v) is 4.48. The maximum atomic E-state index is 12.8. The van der Waals surface area contributed by atoms with Crippen LogP contribution in [0.2, 0.25) is 0 Å². The Morgan fingerprint density at radius 3 is 2.47 bits per heavy atom. The molecule has 0 spiro atoms. The summed E-state index contributed by atoms with van der Waals surface area (Å²) in [5.74, 6) is 0.297. The summed E-state index contributed by atoms with van der Waals surface area (Å²) in [5, 5.41) is 3.49. The predicted molar refractivity (Wildman–Crippen MR) is 68.5 cm³/mol. The van der Waals surface area contributed by atoms with Crippen LogP contribution in [-0.4, -0.2) is 20.3 Å². The topological polar surface area (TPSA) is 21.3 Å². The first kappa shape index (κ1) is 14.1. The smallest absolute Gasteiger partial charge is 0.123 e. The zero-order valence-corrected chi connectivity index (χ0v) is 10.9. The van der Waals surface area contributed by atoms with Crippen LogP contribution < -0.4 is 5.32 Å². The highest BCUT2D eigenvalue weighted by Gasteiger charge is 2.10. The molecule has 0 fully saturated rings. The quantitative estimate of drug-likeness (QED) is 0.789. The van der Waals surface area contributed by atoms with Crippen LogP contribution in [-0.2, 0) is 4.74 Å². The predicted octanol–water partition coefficient (Wildman–Crippen LogP) is 3.15. The molecule has 1 rings (SSSR count). The summed E-state index contributed by atoms with van der Waals surface area (Å²) in [6, 6.07) is 7.00. The third-order valence-corrected chi connectivity index (χ3v) is 2.84. The number of halogens is 1. The fourth-order valence-electron chi connectivity index (χ4n) is 1.88. The lowest BCUT2D eigenvalue weighted by Gasteiger charge is -2.20. The maximum absolute atomic E-state index is 12.8. The van der Waals surface area contributed by atoms with Crippen molar-refractivity contribution >= 4 is 0 Å². The molecule has 3 heteroatoms. The molecule has 2 atom stereocenters. The van der Waals surface area contributed by atoms with Crippen molar-refractivity contribution in [3.63, 3.8) is 0 Å². The highest BCUT2D eigenvalue weighted by atomic mass is 19.1. The summed E-state index contributed by atoms with van der Waals surface area (Å²) >= 11 is 0. The van der Waals surface area contributed by atoms with Crippen molar-refractivity contribution in [2.75, 3.05) is 20.3 Å². The molecule has 0 radical (unpaired) electrons. The van der Waals surface area contributed by atoms with E-state index < -0.39 is 0 Å². The molecule has 0 saturated carbocycles. The van der Waals surface area contributed by atoms with Gasteiger partial charge in [-0.15, -0.1) is 0 Å². The molecule has 0 bridgehead atoms. The van der Waals surface area contributed by atoms with Crippen LogP contribution in [0.5, 0.6) is 0 Å².